The van der Waals surface area contributed by atoms with Gasteiger partial charge in [0.25, 0.3) is 0 Å². The Hall–Kier alpha value is -2.66. The molecular formula is C17H15N3OS. The third-order valence-corrected chi connectivity index (χ3v) is 4.11. The van der Waals surface area contributed by atoms with Crippen LogP contribution in [-0.2, 0) is 11.8 Å². The van der Waals surface area contributed by atoms with Gasteiger partial charge in [-0.25, -0.2) is 4.98 Å². The van der Waals surface area contributed by atoms with Crippen LogP contribution in [0, 0.1) is 0 Å². The van der Waals surface area contributed by atoms with Crippen molar-refractivity contribution >= 4 is 46.1 Å². The van der Waals surface area contributed by atoms with Crippen molar-refractivity contribution in [3.63, 3.8) is 0 Å². The van der Waals surface area contributed by atoms with Crippen LogP contribution in [0.5, 0.6) is 0 Å². The van der Waals surface area contributed by atoms with Gasteiger partial charge in [0, 0.05) is 29.1 Å². The first-order valence-corrected chi connectivity index (χ1v) is 7.65. The van der Waals surface area contributed by atoms with Crippen LogP contribution >= 0.6 is 11.3 Å². The van der Waals surface area contributed by atoms with E-state index in [-0.39, 0.29) is 5.91 Å². The third kappa shape index (κ3) is 2.84. The lowest BCUT2D eigenvalue weighted by atomic mass is 10.2. The molecule has 0 spiro atoms. The standard InChI is InChI=1S/C17H15N3OS/c1-3-16(21)19-13-9-15-12(6-7-14-5-4-8-22-14)11-20(2)17(15)18-10-13/h3-11H,1H2,2H3,(H,19,21). The summed E-state index contributed by atoms with van der Waals surface area (Å²) in [6.45, 7) is 3.45. The highest BCUT2D eigenvalue weighted by Gasteiger charge is 2.07. The Kier molecular flexibility index (Phi) is 3.89. The smallest absolute Gasteiger partial charge is 0.247 e. The van der Waals surface area contributed by atoms with Gasteiger partial charge in [-0.3, -0.25) is 4.79 Å². The summed E-state index contributed by atoms with van der Waals surface area (Å²) in [5, 5.41) is 5.79. The van der Waals surface area contributed by atoms with Crippen molar-refractivity contribution in [2.45, 2.75) is 0 Å². The molecule has 110 valence electrons. The van der Waals surface area contributed by atoms with E-state index in [0.717, 1.165) is 16.6 Å². The van der Waals surface area contributed by atoms with E-state index in [1.807, 2.05) is 35.3 Å². The second kappa shape index (κ2) is 5.99. The highest BCUT2D eigenvalue weighted by Crippen LogP contribution is 2.24. The van der Waals surface area contributed by atoms with Crippen LogP contribution in [0.25, 0.3) is 23.2 Å². The maximum absolute atomic E-state index is 11.4. The van der Waals surface area contributed by atoms with E-state index < -0.39 is 0 Å². The van der Waals surface area contributed by atoms with Crippen LogP contribution in [-0.4, -0.2) is 15.5 Å². The Bertz CT molecular complexity index is 860. The van der Waals surface area contributed by atoms with Gasteiger partial charge in [-0.1, -0.05) is 18.7 Å². The molecule has 0 atom stereocenters. The number of thiophene rings is 1. The maximum Gasteiger partial charge on any atom is 0.247 e. The first-order chi connectivity index (χ1) is 10.7. The number of nitrogens with one attached hydrogen (secondary N) is 1. The third-order valence-electron chi connectivity index (χ3n) is 3.27. The van der Waals surface area contributed by atoms with Crippen molar-refractivity contribution in [1.82, 2.24) is 9.55 Å². The Labute approximate surface area is 132 Å². The zero-order valence-electron chi connectivity index (χ0n) is 12.1. The first-order valence-electron chi connectivity index (χ1n) is 6.77. The van der Waals surface area contributed by atoms with Gasteiger partial charge >= 0.3 is 0 Å². The molecule has 0 unspecified atom stereocenters. The number of hydrogen-bond acceptors (Lipinski definition) is 3. The van der Waals surface area contributed by atoms with Gasteiger partial charge in [0.1, 0.15) is 5.65 Å². The van der Waals surface area contributed by atoms with E-state index in [1.165, 1.54) is 11.0 Å². The van der Waals surface area contributed by atoms with Gasteiger partial charge < -0.3 is 9.88 Å². The lowest BCUT2D eigenvalue weighted by Gasteiger charge is -2.02. The number of amides is 1. The number of nitrogens with zero attached hydrogens (tertiary/aromatic N) is 2. The summed E-state index contributed by atoms with van der Waals surface area (Å²) in [6.07, 6.45) is 9.06. The average molecular weight is 309 g/mol. The van der Waals surface area contributed by atoms with Crippen molar-refractivity contribution in [3.05, 3.63) is 59.1 Å². The maximum atomic E-state index is 11.4. The molecule has 0 aliphatic carbocycles. The molecule has 0 aliphatic heterocycles. The van der Waals surface area contributed by atoms with Crippen LogP contribution < -0.4 is 5.32 Å². The molecule has 0 saturated heterocycles. The summed E-state index contributed by atoms with van der Waals surface area (Å²) in [6, 6.07) is 6.02. The Morgan fingerprint density at radius 1 is 1.45 bits per heavy atom. The summed E-state index contributed by atoms with van der Waals surface area (Å²) in [4.78, 5) is 17.0. The number of anilines is 1. The van der Waals surface area contributed by atoms with Gasteiger partial charge in [-0.15, -0.1) is 11.3 Å². The fourth-order valence-electron chi connectivity index (χ4n) is 2.24. The molecule has 0 saturated carbocycles. The molecule has 5 heteroatoms. The second-order valence-electron chi connectivity index (χ2n) is 4.83. The van der Waals surface area contributed by atoms with Gasteiger partial charge in [-0.05, 0) is 29.7 Å². The minimum absolute atomic E-state index is 0.243. The van der Waals surface area contributed by atoms with Crippen molar-refractivity contribution in [2.75, 3.05) is 5.32 Å². The normalized spacial score (nSPS) is 11.1. The van der Waals surface area contributed by atoms with Crippen molar-refractivity contribution in [2.24, 2.45) is 7.05 Å². The number of rotatable bonds is 4. The number of carbonyl (C=O) groups excluding carboxylic acids is 1. The molecule has 22 heavy (non-hydrogen) atoms. The second-order valence-corrected chi connectivity index (χ2v) is 5.81. The van der Waals surface area contributed by atoms with Gasteiger partial charge in [-0.2, -0.15) is 0 Å². The molecular weight excluding hydrogens is 294 g/mol. The molecule has 3 heterocycles. The van der Waals surface area contributed by atoms with Crippen LogP contribution in [0.15, 0.2) is 48.6 Å². The quantitative estimate of drug-likeness (QED) is 0.742. The van der Waals surface area contributed by atoms with Crippen LogP contribution in [0.3, 0.4) is 0 Å². The zero-order chi connectivity index (χ0) is 15.5. The molecule has 0 aromatic carbocycles. The number of pyridine rings is 1. The monoisotopic (exact) mass is 309 g/mol. The number of aromatic nitrogens is 2. The molecule has 1 N–H and O–H groups in total. The lowest BCUT2D eigenvalue weighted by molar-refractivity contribution is -0.111. The molecule has 3 rings (SSSR count). The molecule has 4 nitrogen and oxygen atoms in total. The van der Waals surface area contributed by atoms with Crippen molar-refractivity contribution < 1.29 is 4.79 Å². The number of aryl methyl sites for hydroxylation is 1. The fraction of sp³-hybridized carbons (Fsp3) is 0.0588. The van der Waals surface area contributed by atoms with E-state index in [1.54, 1.807) is 17.5 Å². The predicted molar refractivity (Wildman–Crippen MR) is 92.8 cm³/mol. The van der Waals surface area contributed by atoms with E-state index >= 15 is 0 Å². The minimum atomic E-state index is -0.243. The van der Waals surface area contributed by atoms with Gasteiger partial charge in [0.15, 0.2) is 0 Å². The van der Waals surface area contributed by atoms with Gasteiger partial charge in [0.2, 0.25) is 5.91 Å². The summed E-state index contributed by atoms with van der Waals surface area (Å²) < 4.78 is 1.97. The average Bonchev–Trinajstić information content (AvgIpc) is 3.13. The molecule has 0 fully saturated rings. The van der Waals surface area contributed by atoms with E-state index in [2.05, 4.69) is 35.1 Å². The topological polar surface area (TPSA) is 46.9 Å². The van der Waals surface area contributed by atoms with E-state index in [0.29, 0.717) is 5.69 Å². The summed E-state index contributed by atoms with van der Waals surface area (Å²) in [5.74, 6) is -0.243. The van der Waals surface area contributed by atoms with Crippen molar-refractivity contribution in [3.8, 4) is 0 Å². The number of hydrogen-bond donors (Lipinski definition) is 1. The van der Waals surface area contributed by atoms with Crippen molar-refractivity contribution in [1.29, 1.82) is 0 Å². The summed E-state index contributed by atoms with van der Waals surface area (Å²) >= 11 is 1.69. The zero-order valence-corrected chi connectivity index (χ0v) is 12.9. The largest absolute Gasteiger partial charge is 0.335 e. The van der Waals surface area contributed by atoms with Crippen LogP contribution in [0.4, 0.5) is 5.69 Å². The molecule has 3 aromatic rings. The number of fused-ring (bicyclic) bond motifs is 1. The SMILES string of the molecule is C=CC(=O)Nc1cnc2c(c1)c(C=Cc1cccs1)cn2C. The molecule has 0 radical (unpaired) electrons. The summed E-state index contributed by atoms with van der Waals surface area (Å²) in [5.41, 5.74) is 2.60. The molecule has 1 amide bonds. The Balaban J connectivity index is 2.00. The molecule has 0 bridgehead atoms. The predicted octanol–water partition coefficient (Wildman–Crippen LogP) is 3.93. The first kappa shape index (κ1) is 14.3. The Morgan fingerprint density at radius 2 is 2.32 bits per heavy atom. The van der Waals surface area contributed by atoms with E-state index in [4.69, 9.17) is 0 Å². The van der Waals surface area contributed by atoms with Gasteiger partial charge in [0.05, 0.1) is 11.9 Å². The molecule has 3 aromatic heterocycles. The van der Waals surface area contributed by atoms with E-state index in [9.17, 15) is 4.79 Å². The fourth-order valence-corrected chi connectivity index (χ4v) is 2.86. The lowest BCUT2D eigenvalue weighted by Crippen LogP contribution is -2.07. The summed E-state index contributed by atoms with van der Waals surface area (Å²) in [7, 11) is 1.96. The minimum Gasteiger partial charge on any atom is -0.335 e. The highest BCUT2D eigenvalue weighted by atomic mass is 32.1. The van der Waals surface area contributed by atoms with Crippen LogP contribution in [0.1, 0.15) is 10.4 Å². The Morgan fingerprint density at radius 3 is 3.05 bits per heavy atom. The van der Waals surface area contributed by atoms with Crippen LogP contribution in [0.2, 0.25) is 0 Å². The highest BCUT2D eigenvalue weighted by molar-refractivity contribution is 7.10. The molecule has 0 aliphatic rings. The number of carbonyl (C=O) groups is 1.